The van der Waals surface area contributed by atoms with E-state index in [1.807, 2.05) is 12.1 Å². The summed E-state index contributed by atoms with van der Waals surface area (Å²) in [6.07, 6.45) is 0.162. The molecule has 7 heteroatoms. The number of aromatic nitrogens is 2. The summed E-state index contributed by atoms with van der Waals surface area (Å²) < 4.78 is 10.2. The first-order chi connectivity index (χ1) is 9.15. The Hall–Kier alpha value is -2.57. The van der Waals surface area contributed by atoms with E-state index in [1.165, 1.54) is 0 Å². The van der Waals surface area contributed by atoms with E-state index in [4.69, 9.17) is 15.0 Å². The number of amides is 1. The summed E-state index contributed by atoms with van der Waals surface area (Å²) in [7, 11) is 0. The maximum Gasteiger partial charge on any atom is 0.328 e. The molecule has 0 fully saturated rings. The van der Waals surface area contributed by atoms with E-state index in [0.717, 1.165) is 0 Å². The number of benzene rings is 1. The smallest absolute Gasteiger partial charge is 0.328 e. The number of rotatable bonds is 5. The Morgan fingerprint density at radius 3 is 2.95 bits per heavy atom. The topological polar surface area (TPSA) is 103 Å². The Bertz CT molecular complexity index is 568. The van der Waals surface area contributed by atoms with Gasteiger partial charge < -0.3 is 15.0 Å². The average molecular weight is 262 g/mol. The summed E-state index contributed by atoms with van der Waals surface area (Å²) in [6.45, 7) is 1.88. The van der Waals surface area contributed by atoms with Crippen molar-refractivity contribution in [3.05, 3.63) is 30.1 Å². The summed E-state index contributed by atoms with van der Waals surface area (Å²) >= 11 is 0. The first kappa shape index (κ1) is 12.9. The molecule has 3 N–H and O–H groups in total. The van der Waals surface area contributed by atoms with Crippen LogP contribution in [-0.4, -0.2) is 22.7 Å². The van der Waals surface area contributed by atoms with Crippen molar-refractivity contribution in [2.45, 2.75) is 13.3 Å². The third kappa shape index (κ3) is 3.70. The van der Waals surface area contributed by atoms with Crippen molar-refractivity contribution < 1.29 is 14.1 Å². The van der Waals surface area contributed by atoms with Gasteiger partial charge in [0.1, 0.15) is 5.75 Å². The van der Waals surface area contributed by atoms with Gasteiger partial charge in [-0.15, -0.1) is 0 Å². The fourth-order valence-electron chi connectivity index (χ4n) is 1.40. The van der Waals surface area contributed by atoms with Crippen molar-refractivity contribution >= 4 is 17.6 Å². The van der Waals surface area contributed by atoms with E-state index in [1.54, 1.807) is 19.1 Å². The second-order valence-electron chi connectivity index (χ2n) is 3.83. The van der Waals surface area contributed by atoms with Crippen LogP contribution in [0.2, 0.25) is 0 Å². The summed E-state index contributed by atoms with van der Waals surface area (Å²) in [5, 5.41) is 6.03. The van der Waals surface area contributed by atoms with Crippen LogP contribution in [0.3, 0.4) is 0 Å². The maximum atomic E-state index is 11.5. The lowest BCUT2D eigenvalue weighted by Crippen LogP contribution is -2.15. The van der Waals surface area contributed by atoms with Crippen molar-refractivity contribution in [3.63, 3.8) is 0 Å². The highest BCUT2D eigenvalue weighted by Crippen LogP contribution is 2.19. The number of nitrogens with zero attached hydrogens (tertiary/aromatic N) is 2. The maximum absolute atomic E-state index is 11.5. The fraction of sp³-hybridized carbons (Fsp3) is 0.250. The Morgan fingerprint density at radius 2 is 2.26 bits per heavy atom. The van der Waals surface area contributed by atoms with Crippen LogP contribution < -0.4 is 15.8 Å². The monoisotopic (exact) mass is 262 g/mol. The molecule has 0 atom stereocenters. The molecule has 0 radical (unpaired) electrons. The Morgan fingerprint density at radius 1 is 1.47 bits per heavy atom. The third-order valence-corrected chi connectivity index (χ3v) is 2.28. The summed E-state index contributed by atoms with van der Waals surface area (Å²) in [5.74, 6) is 0.755. The molecule has 0 bridgehead atoms. The predicted molar refractivity (Wildman–Crippen MR) is 68.6 cm³/mol. The van der Waals surface area contributed by atoms with Gasteiger partial charge in [-0.1, -0.05) is 17.3 Å². The summed E-state index contributed by atoms with van der Waals surface area (Å²) in [4.78, 5) is 15.4. The number of nitrogens with one attached hydrogen (secondary N) is 1. The fourth-order valence-corrected chi connectivity index (χ4v) is 1.40. The van der Waals surface area contributed by atoms with Crippen LogP contribution in [0.1, 0.15) is 12.2 Å². The van der Waals surface area contributed by atoms with Crippen LogP contribution in [-0.2, 0) is 4.79 Å². The van der Waals surface area contributed by atoms with E-state index in [9.17, 15) is 4.79 Å². The number of carbonyl (C=O) groups excluding carboxylic acids is 1. The molecule has 0 aliphatic rings. The molecule has 0 unspecified atom stereocenters. The van der Waals surface area contributed by atoms with Gasteiger partial charge in [0.25, 0.3) is 0 Å². The predicted octanol–water partition coefficient (Wildman–Crippen LogP) is 1.37. The van der Waals surface area contributed by atoms with Crippen LogP contribution >= 0.6 is 0 Å². The van der Waals surface area contributed by atoms with Crippen molar-refractivity contribution in [1.29, 1.82) is 0 Å². The number of nitrogen functional groups attached to an aromatic ring is 1. The molecule has 1 amide bonds. The molecule has 7 nitrogen and oxygen atoms in total. The van der Waals surface area contributed by atoms with Gasteiger partial charge >= 0.3 is 6.01 Å². The molecule has 0 saturated heterocycles. The number of hydrogen-bond donors (Lipinski definition) is 2. The van der Waals surface area contributed by atoms with Gasteiger partial charge in [0.05, 0.1) is 18.7 Å². The average Bonchev–Trinajstić information content (AvgIpc) is 2.77. The van der Waals surface area contributed by atoms with Crippen LogP contribution in [0.4, 0.5) is 11.7 Å². The van der Waals surface area contributed by atoms with E-state index in [-0.39, 0.29) is 24.9 Å². The van der Waals surface area contributed by atoms with E-state index in [0.29, 0.717) is 17.3 Å². The van der Waals surface area contributed by atoms with E-state index >= 15 is 0 Å². The third-order valence-electron chi connectivity index (χ3n) is 2.28. The Kier molecular flexibility index (Phi) is 3.97. The molecule has 2 aromatic rings. The summed E-state index contributed by atoms with van der Waals surface area (Å²) in [5.41, 5.74) is 6.24. The first-order valence-electron chi connectivity index (χ1n) is 5.72. The SMILES string of the molecule is Cc1noc(NC(=O)CCOc2ccccc2N)n1. The second-order valence-corrected chi connectivity index (χ2v) is 3.83. The number of nitrogens with two attached hydrogens (primary N) is 1. The molecule has 0 spiro atoms. The van der Waals surface area contributed by atoms with Gasteiger partial charge in [-0.2, -0.15) is 4.98 Å². The highest BCUT2D eigenvalue weighted by Gasteiger charge is 2.08. The van der Waals surface area contributed by atoms with Crippen LogP contribution in [0.25, 0.3) is 0 Å². The molecule has 1 aromatic carbocycles. The van der Waals surface area contributed by atoms with Gasteiger partial charge in [0.15, 0.2) is 5.82 Å². The van der Waals surface area contributed by atoms with Gasteiger partial charge in [-0.3, -0.25) is 10.1 Å². The lowest BCUT2D eigenvalue weighted by atomic mass is 10.3. The zero-order chi connectivity index (χ0) is 13.7. The standard InChI is InChI=1S/C12H14N4O3/c1-8-14-12(19-16-8)15-11(17)6-7-18-10-5-3-2-4-9(10)13/h2-5H,6-7,13H2,1H3,(H,14,15,16,17). The van der Waals surface area contributed by atoms with Crippen molar-refractivity contribution in [2.24, 2.45) is 0 Å². The first-order valence-corrected chi connectivity index (χ1v) is 5.72. The molecular formula is C12H14N4O3. The van der Waals surface area contributed by atoms with Crippen molar-refractivity contribution in [3.8, 4) is 5.75 Å². The number of aryl methyl sites for hydroxylation is 1. The Balaban J connectivity index is 1.77. The van der Waals surface area contributed by atoms with Crippen LogP contribution in [0, 0.1) is 6.92 Å². The molecule has 19 heavy (non-hydrogen) atoms. The van der Waals surface area contributed by atoms with Crippen LogP contribution in [0.5, 0.6) is 5.75 Å². The second kappa shape index (κ2) is 5.85. The highest BCUT2D eigenvalue weighted by molar-refractivity contribution is 5.88. The van der Waals surface area contributed by atoms with Gasteiger partial charge in [-0.05, 0) is 19.1 Å². The molecule has 0 saturated carbocycles. The lowest BCUT2D eigenvalue weighted by Gasteiger charge is -2.07. The zero-order valence-corrected chi connectivity index (χ0v) is 10.4. The van der Waals surface area contributed by atoms with Crippen LogP contribution in [0.15, 0.2) is 28.8 Å². The van der Waals surface area contributed by atoms with Crippen molar-refractivity contribution in [2.75, 3.05) is 17.7 Å². The number of para-hydroxylation sites is 2. The minimum Gasteiger partial charge on any atom is -0.491 e. The zero-order valence-electron chi connectivity index (χ0n) is 10.4. The molecule has 1 aromatic heterocycles. The van der Waals surface area contributed by atoms with Gasteiger partial charge in [0, 0.05) is 0 Å². The normalized spacial score (nSPS) is 10.2. The highest BCUT2D eigenvalue weighted by atomic mass is 16.5. The molecule has 100 valence electrons. The molecule has 2 rings (SSSR count). The quantitative estimate of drug-likeness (QED) is 0.789. The number of hydrogen-bond acceptors (Lipinski definition) is 6. The minimum absolute atomic E-state index is 0.0849. The number of carbonyl (C=O) groups is 1. The molecule has 0 aliphatic carbocycles. The van der Waals surface area contributed by atoms with Gasteiger partial charge in [-0.25, -0.2) is 0 Å². The van der Waals surface area contributed by atoms with E-state index in [2.05, 4.69) is 15.5 Å². The largest absolute Gasteiger partial charge is 0.491 e. The number of anilines is 2. The molecule has 1 heterocycles. The molecule has 0 aliphatic heterocycles. The molecular weight excluding hydrogens is 248 g/mol. The van der Waals surface area contributed by atoms with Crippen molar-refractivity contribution in [1.82, 2.24) is 10.1 Å². The lowest BCUT2D eigenvalue weighted by molar-refractivity contribution is -0.116. The van der Waals surface area contributed by atoms with Gasteiger partial charge in [0.2, 0.25) is 5.91 Å². The minimum atomic E-state index is -0.266. The number of ether oxygens (including phenoxy) is 1. The summed E-state index contributed by atoms with van der Waals surface area (Å²) in [6, 6.07) is 7.19. The Labute approximate surface area is 109 Å². The van der Waals surface area contributed by atoms with E-state index < -0.39 is 0 Å².